The molecule has 5 heteroatoms. The van der Waals surface area contributed by atoms with Crippen molar-refractivity contribution in [2.24, 2.45) is 11.1 Å². The Morgan fingerprint density at radius 2 is 2.00 bits per heavy atom. The zero-order valence-corrected chi connectivity index (χ0v) is 15.0. The van der Waals surface area contributed by atoms with E-state index >= 15 is 0 Å². The fraction of sp³-hybridized carbons (Fsp3) is 0.812. The second kappa shape index (κ2) is 7.12. The number of nitrogens with zero attached hydrogens (tertiary/aromatic N) is 3. The van der Waals surface area contributed by atoms with Gasteiger partial charge in [0.2, 0.25) is 0 Å². The van der Waals surface area contributed by atoms with Crippen LogP contribution < -0.4 is 5.73 Å². The van der Waals surface area contributed by atoms with Gasteiger partial charge in [-0.15, -0.1) is 12.4 Å². The maximum Gasteiger partial charge on any atom is 0.0641 e. The Bertz CT molecular complexity index is 467. The van der Waals surface area contributed by atoms with Crippen LogP contribution in [0.1, 0.15) is 50.6 Å². The number of likely N-dealkylation sites (tertiary alicyclic amines) is 1. The summed E-state index contributed by atoms with van der Waals surface area (Å²) < 4.78 is 2.16. The molecule has 122 valence electrons. The molecule has 1 aromatic rings. The predicted octanol–water partition coefficient (Wildman–Crippen LogP) is 2.89. The van der Waals surface area contributed by atoms with E-state index in [-0.39, 0.29) is 17.8 Å². The van der Waals surface area contributed by atoms with Gasteiger partial charge in [-0.05, 0) is 32.1 Å². The highest BCUT2D eigenvalue weighted by Crippen LogP contribution is 2.29. The summed E-state index contributed by atoms with van der Waals surface area (Å²) in [4.78, 5) is 2.54. The molecule has 2 rings (SSSR count). The van der Waals surface area contributed by atoms with Gasteiger partial charge in [-0.2, -0.15) is 5.10 Å². The molecule has 0 bridgehead atoms. The van der Waals surface area contributed by atoms with Crippen LogP contribution in [0.5, 0.6) is 0 Å². The summed E-state index contributed by atoms with van der Waals surface area (Å²) in [5.74, 6) is 0. The largest absolute Gasteiger partial charge is 0.327 e. The van der Waals surface area contributed by atoms with E-state index in [0.717, 1.165) is 39.0 Å². The highest BCUT2D eigenvalue weighted by Gasteiger charge is 2.33. The van der Waals surface area contributed by atoms with Crippen LogP contribution in [-0.4, -0.2) is 33.8 Å². The van der Waals surface area contributed by atoms with Gasteiger partial charge in [0, 0.05) is 43.5 Å². The van der Waals surface area contributed by atoms with Gasteiger partial charge in [0.05, 0.1) is 5.69 Å². The molecule has 1 aromatic heterocycles. The summed E-state index contributed by atoms with van der Waals surface area (Å²) in [5, 5.41) is 4.68. The van der Waals surface area contributed by atoms with Crippen LogP contribution in [0.25, 0.3) is 0 Å². The Balaban J connectivity index is 0.00000220. The standard InChI is InChI=1S/C16H30N4.ClH/c1-6-8-20-13(3)14(12(2)18-20)10-19-9-7-15(17)16(4,5)11-19;/h15H,6-11,17H2,1-5H3;1H. The monoisotopic (exact) mass is 314 g/mol. The van der Waals surface area contributed by atoms with Crippen molar-refractivity contribution < 1.29 is 0 Å². The lowest BCUT2D eigenvalue weighted by Crippen LogP contribution is -2.52. The molecule has 2 heterocycles. The molecule has 2 N–H and O–H groups in total. The molecule has 4 nitrogen and oxygen atoms in total. The third-order valence-corrected chi connectivity index (χ3v) is 4.74. The van der Waals surface area contributed by atoms with Crippen molar-refractivity contribution in [1.29, 1.82) is 0 Å². The molecule has 1 aliphatic heterocycles. The molecule has 0 aromatic carbocycles. The van der Waals surface area contributed by atoms with E-state index in [2.05, 4.69) is 49.3 Å². The Morgan fingerprint density at radius 3 is 2.57 bits per heavy atom. The average molecular weight is 315 g/mol. The number of nitrogens with two attached hydrogens (primary N) is 1. The van der Waals surface area contributed by atoms with Crippen molar-refractivity contribution in [2.75, 3.05) is 13.1 Å². The topological polar surface area (TPSA) is 47.1 Å². The smallest absolute Gasteiger partial charge is 0.0641 e. The molecule has 1 atom stereocenters. The lowest BCUT2D eigenvalue weighted by molar-refractivity contribution is 0.0895. The fourth-order valence-electron chi connectivity index (χ4n) is 3.24. The lowest BCUT2D eigenvalue weighted by Gasteiger charge is -2.42. The Kier molecular flexibility index (Phi) is 6.26. The van der Waals surface area contributed by atoms with Crippen molar-refractivity contribution >= 4 is 12.4 Å². The number of aryl methyl sites for hydroxylation is 2. The van der Waals surface area contributed by atoms with Gasteiger partial charge in [-0.3, -0.25) is 9.58 Å². The second-order valence-corrected chi connectivity index (χ2v) is 6.97. The lowest BCUT2D eigenvalue weighted by atomic mass is 9.79. The molecule has 0 radical (unpaired) electrons. The normalized spacial score (nSPS) is 22.1. The summed E-state index contributed by atoms with van der Waals surface area (Å²) >= 11 is 0. The fourth-order valence-corrected chi connectivity index (χ4v) is 3.24. The zero-order chi connectivity index (χ0) is 14.9. The van der Waals surface area contributed by atoms with Crippen molar-refractivity contribution in [3.8, 4) is 0 Å². The third kappa shape index (κ3) is 3.99. The highest BCUT2D eigenvalue weighted by atomic mass is 35.5. The van der Waals surface area contributed by atoms with Crippen LogP contribution in [0.2, 0.25) is 0 Å². The summed E-state index contributed by atoms with van der Waals surface area (Å²) in [6.45, 7) is 15.3. The molecule has 1 saturated heterocycles. The molecule has 1 fully saturated rings. The minimum Gasteiger partial charge on any atom is -0.327 e. The molecular weight excluding hydrogens is 284 g/mol. The Labute approximate surface area is 135 Å². The molecule has 1 aliphatic rings. The highest BCUT2D eigenvalue weighted by molar-refractivity contribution is 5.85. The van der Waals surface area contributed by atoms with Crippen molar-refractivity contribution in [1.82, 2.24) is 14.7 Å². The van der Waals surface area contributed by atoms with E-state index in [4.69, 9.17) is 5.73 Å². The van der Waals surface area contributed by atoms with Crippen LogP contribution >= 0.6 is 12.4 Å². The maximum atomic E-state index is 6.23. The van der Waals surface area contributed by atoms with Gasteiger partial charge in [0.15, 0.2) is 0 Å². The summed E-state index contributed by atoms with van der Waals surface area (Å²) in [6, 6.07) is 0.323. The van der Waals surface area contributed by atoms with E-state index in [9.17, 15) is 0 Å². The van der Waals surface area contributed by atoms with E-state index in [1.807, 2.05) is 0 Å². The van der Waals surface area contributed by atoms with Crippen LogP contribution in [0.3, 0.4) is 0 Å². The molecule has 0 amide bonds. The summed E-state index contributed by atoms with van der Waals surface area (Å²) in [5.41, 5.74) is 10.4. The molecule has 21 heavy (non-hydrogen) atoms. The van der Waals surface area contributed by atoms with Crippen LogP contribution in [0, 0.1) is 19.3 Å². The number of rotatable bonds is 4. The molecule has 0 spiro atoms. The number of halogens is 1. The zero-order valence-electron chi connectivity index (χ0n) is 14.1. The van der Waals surface area contributed by atoms with Crippen LogP contribution in [0.4, 0.5) is 0 Å². The van der Waals surface area contributed by atoms with Gasteiger partial charge in [0.1, 0.15) is 0 Å². The van der Waals surface area contributed by atoms with Crippen molar-refractivity contribution in [3.63, 3.8) is 0 Å². The predicted molar refractivity (Wildman–Crippen MR) is 90.9 cm³/mol. The minimum atomic E-state index is 0. The van der Waals surface area contributed by atoms with E-state index in [0.29, 0.717) is 6.04 Å². The number of hydrogen-bond donors (Lipinski definition) is 1. The molecule has 0 aliphatic carbocycles. The first-order valence-electron chi connectivity index (χ1n) is 7.86. The quantitative estimate of drug-likeness (QED) is 0.929. The van der Waals surface area contributed by atoms with Gasteiger partial charge in [0.25, 0.3) is 0 Å². The first kappa shape index (κ1) is 18.5. The van der Waals surface area contributed by atoms with Gasteiger partial charge >= 0.3 is 0 Å². The average Bonchev–Trinajstić information content (AvgIpc) is 2.62. The molecular formula is C16H31ClN4. The Morgan fingerprint density at radius 1 is 1.33 bits per heavy atom. The van der Waals surface area contributed by atoms with Gasteiger partial charge < -0.3 is 5.73 Å². The first-order chi connectivity index (χ1) is 9.35. The first-order valence-corrected chi connectivity index (χ1v) is 7.86. The number of aromatic nitrogens is 2. The molecule has 0 saturated carbocycles. The van der Waals surface area contributed by atoms with E-state index < -0.39 is 0 Å². The second-order valence-electron chi connectivity index (χ2n) is 6.97. The molecule has 1 unspecified atom stereocenters. The summed E-state index contributed by atoms with van der Waals surface area (Å²) in [6.07, 6.45) is 2.22. The minimum absolute atomic E-state index is 0. The van der Waals surface area contributed by atoms with Gasteiger partial charge in [-0.25, -0.2) is 0 Å². The third-order valence-electron chi connectivity index (χ3n) is 4.74. The van der Waals surface area contributed by atoms with Crippen LogP contribution in [0.15, 0.2) is 0 Å². The van der Waals surface area contributed by atoms with Crippen LogP contribution in [-0.2, 0) is 13.1 Å². The number of hydrogen-bond acceptors (Lipinski definition) is 3. The Hall–Kier alpha value is -0.580. The maximum absolute atomic E-state index is 6.23. The van der Waals surface area contributed by atoms with E-state index in [1.165, 1.54) is 17.0 Å². The number of piperidine rings is 1. The summed E-state index contributed by atoms with van der Waals surface area (Å²) in [7, 11) is 0. The van der Waals surface area contributed by atoms with Crippen molar-refractivity contribution in [3.05, 3.63) is 17.0 Å². The van der Waals surface area contributed by atoms with E-state index in [1.54, 1.807) is 0 Å². The van der Waals surface area contributed by atoms with Crippen molar-refractivity contribution in [2.45, 2.75) is 66.6 Å². The van der Waals surface area contributed by atoms with Gasteiger partial charge in [-0.1, -0.05) is 20.8 Å². The SMILES string of the molecule is CCCn1nc(C)c(CN2CCC(N)C(C)(C)C2)c1C.Cl.